The molecule has 1 unspecified atom stereocenters. The molecule has 72 valence electrons. The summed E-state index contributed by atoms with van der Waals surface area (Å²) < 4.78 is 37.0. The van der Waals surface area contributed by atoms with Crippen molar-refractivity contribution in [2.24, 2.45) is 0 Å². The van der Waals surface area contributed by atoms with Crippen LogP contribution in [0.2, 0.25) is 0 Å². The molecule has 0 amide bonds. The van der Waals surface area contributed by atoms with Crippen molar-refractivity contribution in [1.82, 2.24) is 5.32 Å². The summed E-state index contributed by atoms with van der Waals surface area (Å²) in [6.07, 6.45) is -1.03. The van der Waals surface area contributed by atoms with E-state index in [9.17, 15) is 18.0 Å². The quantitative estimate of drug-likeness (QED) is 0.654. The van der Waals surface area contributed by atoms with E-state index in [4.69, 9.17) is 5.11 Å². The third-order valence-corrected chi connectivity index (χ3v) is 1.65. The molecule has 6 heteroatoms. The average molecular weight is 193 g/mol. The van der Waals surface area contributed by atoms with Gasteiger partial charge in [-0.3, -0.25) is 0 Å². The Morgan fingerprint density at radius 1 is 1.38 bits per heavy atom. The lowest BCUT2D eigenvalue weighted by molar-refractivity contribution is -0.196. The van der Waals surface area contributed by atoms with Crippen LogP contribution in [0.25, 0.3) is 0 Å². The van der Waals surface area contributed by atoms with Crippen molar-refractivity contribution in [2.45, 2.75) is 11.7 Å². The second kappa shape index (κ2) is 2.79. The summed E-state index contributed by atoms with van der Waals surface area (Å²) in [6.45, 7) is 0. The number of rotatable bonds is 1. The number of halogens is 3. The van der Waals surface area contributed by atoms with Gasteiger partial charge < -0.3 is 10.4 Å². The second-order valence-corrected chi connectivity index (χ2v) is 2.47. The number of carboxylic acids is 1. The van der Waals surface area contributed by atoms with Crippen molar-refractivity contribution in [3.8, 4) is 0 Å². The molecule has 0 aromatic carbocycles. The molecule has 3 nitrogen and oxygen atoms in total. The summed E-state index contributed by atoms with van der Waals surface area (Å²) >= 11 is 0. The number of alkyl halides is 3. The highest BCUT2D eigenvalue weighted by Crippen LogP contribution is 2.33. The maximum absolute atomic E-state index is 12.3. The molecule has 1 aliphatic rings. The van der Waals surface area contributed by atoms with Gasteiger partial charge in [0.15, 0.2) is 0 Å². The normalized spacial score (nSPS) is 27.0. The highest BCUT2D eigenvalue weighted by atomic mass is 19.4. The summed E-state index contributed by atoms with van der Waals surface area (Å²) in [7, 11) is 0. The van der Waals surface area contributed by atoms with Gasteiger partial charge in [0.25, 0.3) is 5.54 Å². The van der Waals surface area contributed by atoms with Crippen LogP contribution in [0.15, 0.2) is 24.4 Å². The first kappa shape index (κ1) is 9.63. The molecule has 0 bridgehead atoms. The van der Waals surface area contributed by atoms with Crippen molar-refractivity contribution in [3.63, 3.8) is 0 Å². The zero-order chi connectivity index (χ0) is 10.1. The first-order valence-electron chi connectivity index (χ1n) is 3.32. The lowest BCUT2D eigenvalue weighted by Gasteiger charge is -2.30. The van der Waals surface area contributed by atoms with E-state index in [0.717, 1.165) is 12.3 Å². The predicted molar refractivity (Wildman–Crippen MR) is 37.8 cm³/mol. The molecule has 0 aromatic heterocycles. The predicted octanol–water partition coefficient (Wildman–Crippen LogP) is 1.05. The molecule has 0 fully saturated rings. The number of hydrogen-bond donors (Lipinski definition) is 2. The van der Waals surface area contributed by atoms with Gasteiger partial charge in [-0.1, -0.05) is 6.08 Å². The van der Waals surface area contributed by atoms with E-state index in [0.29, 0.717) is 6.08 Å². The smallest absolute Gasteiger partial charge is 0.426 e. The largest absolute Gasteiger partial charge is 0.479 e. The number of carboxylic acid groups (broad SMARTS) is 1. The SMILES string of the molecule is O=C(O)C1(C(F)(F)F)C=CC=CN1. The molecule has 1 heterocycles. The van der Waals surface area contributed by atoms with E-state index >= 15 is 0 Å². The zero-order valence-corrected chi connectivity index (χ0v) is 6.30. The van der Waals surface area contributed by atoms with Gasteiger partial charge in [0.1, 0.15) is 0 Å². The first-order valence-corrected chi connectivity index (χ1v) is 3.32. The van der Waals surface area contributed by atoms with E-state index in [2.05, 4.69) is 0 Å². The lowest BCUT2D eigenvalue weighted by atomic mass is 9.97. The van der Waals surface area contributed by atoms with Crippen LogP contribution in [0.3, 0.4) is 0 Å². The second-order valence-electron chi connectivity index (χ2n) is 2.47. The highest BCUT2D eigenvalue weighted by Gasteiger charge is 2.59. The Morgan fingerprint density at radius 3 is 2.23 bits per heavy atom. The van der Waals surface area contributed by atoms with Gasteiger partial charge in [0, 0.05) is 0 Å². The van der Waals surface area contributed by atoms with Crippen LogP contribution >= 0.6 is 0 Å². The summed E-state index contributed by atoms with van der Waals surface area (Å²) in [6, 6.07) is 0. The summed E-state index contributed by atoms with van der Waals surface area (Å²) in [5.74, 6) is -1.97. The number of dihydropyridines is 1. The van der Waals surface area contributed by atoms with E-state index in [1.165, 1.54) is 6.08 Å². The van der Waals surface area contributed by atoms with E-state index < -0.39 is 17.7 Å². The van der Waals surface area contributed by atoms with E-state index in [1.54, 1.807) is 5.32 Å². The van der Waals surface area contributed by atoms with Gasteiger partial charge in [-0.15, -0.1) is 0 Å². The number of carbonyl (C=O) groups is 1. The fraction of sp³-hybridized carbons (Fsp3) is 0.286. The fourth-order valence-electron chi connectivity index (χ4n) is 0.914. The summed E-state index contributed by atoms with van der Waals surface area (Å²) in [5, 5.41) is 10.2. The third kappa shape index (κ3) is 1.39. The van der Waals surface area contributed by atoms with Crippen molar-refractivity contribution >= 4 is 5.97 Å². The van der Waals surface area contributed by atoms with Crippen LogP contribution in [0, 0.1) is 0 Å². The van der Waals surface area contributed by atoms with Crippen LogP contribution in [-0.4, -0.2) is 22.8 Å². The Kier molecular flexibility index (Phi) is 2.07. The monoisotopic (exact) mass is 193 g/mol. The van der Waals surface area contributed by atoms with Crippen molar-refractivity contribution < 1.29 is 23.1 Å². The molecule has 1 rings (SSSR count). The Hall–Kier alpha value is -1.46. The zero-order valence-electron chi connectivity index (χ0n) is 6.30. The first-order chi connectivity index (χ1) is 5.90. The van der Waals surface area contributed by atoms with Crippen LogP contribution in [0.4, 0.5) is 13.2 Å². The molecule has 0 saturated carbocycles. The Morgan fingerprint density at radius 2 is 2.00 bits per heavy atom. The molecule has 2 N–H and O–H groups in total. The van der Waals surface area contributed by atoms with E-state index in [-0.39, 0.29) is 0 Å². The molecule has 0 aliphatic carbocycles. The standard InChI is InChI=1S/C7H6F3NO2/c8-7(9,10)6(5(12)13)3-1-2-4-11-6/h1-4,11H,(H,12,13). The van der Waals surface area contributed by atoms with Gasteiger partial charge in [0.2, 0.25) is 0 Å². The third-order valence-electron chi connectivity index (χ3n) is 1.65. The molecular weight excluding hydrogens is 187 g/mol. The molecule has 0 spiro atoms. The molecule has 1 aliphatic heterocycles. The Bertz CT molecular complexity index is 282. The number of nitrogens with one attached hydrogen (secondary N) is 1. The van der Waals surface area contributed by atoms with Crippen molar-refractivity contribution in [3.05, 3.63) is 24.4 Å². The Labute approximate surface area is 71.5 Å². The molecule has 0 saturated heterocycles. The minimum Gasteiger partial charge on any atom is -0.479 e. The molecule has 0 aromatic rings. The lowest BCUT2D eigenvalue weighted by Crippen LogP contribution is -2.59. The highest BCUT2D eigenvalue weighted by molar-refractivity contribution is 5.83. The average Bonchev–Trinajstić information content (AvgIpc) is 2.03. The fourth-order valence-corrected chi connectivity index (χ4v) is 0.914. The maximum atomic E-state index is 12.3. The minimum atomic E-state index is -4.86. The Balaban J connectivity index is 3.10. The number of allylic oxidation sites excluding steroid dienone is 2. The number of hydrogen-bond acceptors (Lipinski definition) is 2. The van der Waals surface area contributed by atoms with Crippen molar-refractivity contribution in [2.75, 3.05) is 0 Å². The summed E-state index contributed by atoms with van der Waals surface area (Å²) in [5.41, 5.74) is -2.98. The molecular formula is C7H6F3NO2. The van der Waals surface area contributed by atoms with Crippen LogP contribution < -0.4 is 5.32 Å². The van der Waals surface area contributed by atoms with Gasteiger partial charge in [-0.25, -0.2) is 4.79 Å². The topological polar surface area (TPSA) is 49.3 Å². The minimum absolute atomic E-state index is 0.565. The number of aliphatic carboxylic acids is 1. The van der Waals surface area contributed by atoms with Crippen LogP contribution in [0.1, 0.15) is 0 Å². The van der Waals surface area contributed by atoms with Gasteiger partial charge in [-0.05, 0) is 18.4 Å². The van der Waals surface area contributed by atoms with Crippen LogP contribution in [-0.2, 0) is 4.79 Å². The van der Waals surface area contributed by atoms with Gasteiger partial charge in [-0.2, -0.15) is 13.2 Å². The molecule has 1 atom stereocenters. The van der Waals surface area contributed by atoms with Gasteiger partial charge >= 0.3 is 12.1 Å². The maximum Gasteiger partial charge on any atom is 0.426 e. The molecule has 0 radical (unpaired) electrons. The van der Waals surface area contributed by atoms with E-state index in [1.807, 2.05) is 0 Å². The summed E-state index contributed by atoms with van der Waals surface area (Å²) in [4.78, 5) is 10.5. The molecule has 13 heavy (non-hydrogen) atoms. The van der Waals surface area contributed by atoms with Crippen LogP contribution in [0.5, 0.6) is 0 Å². The van der Waals surface area contributed by atoms with Crippen molar-refractivity contribution in [1.29, 1.82) is 0 Å². The van der Waals surface area contributed by atoms with Gasteiger partial charge in [0.05, 0.1) is 0 Å².